The first-order valence-electron chi connectivity index (χ1n) is 9.49. The number of para-hydroxylation sites is 1. The summed E-state index contributed by atoms with van der Waals surface area (Å²) in [6, 6.07) is 13.7. The number of hydrogen-bond donors (Lipinski definition) is 1. The Balaban J connectivity index is 1.93. The molecule has 0 saturated carbocycles. The summed E-state index contributed by atoms with van der Waals surface area (Å²) >= 11 is 0. The molecule has 8 heteroatoms. The predicted octanol–water partition coefficient (Wildman–Crippen LogP) is 3.84. The number of pyridine rings is 1. The molecule has 4 aromatic rings. The van der Waals surface area contributed by atoms with E-state index in [1.807, 2.05) is 19.1 Å². The second-order valence-corrected chi connectivity index (χ2v) is 8.58. The molecule has 2 aromatic carbocycles. The summed E-state index contributed by atoms with van der Waals surface area (Å²) in [6.07, 6.45) is 3.16. The number of fused-ring (bicyclic) bond motifs is 2. The van der Waals surface area contributed by atoms with Crippen LogP contribution in [0.1, 0.15) is 18.9 Å². The molecule has 0 unspecified atom stereocenters. The summed E-state index contributed by atoms with van der Waals surface area (Å²) in [4.78, 5) is 15.5. The number of nitrogens with zero attached hydrogens (tertiary/aromatic N) is 2. The van der Waals surface area contributed by atoms with Crippen LogP contribution in [0.15, 0.2) is 65.8 Å². The van der Waals surface area contributed by atoms with Gasteiger partial charge in [0.15, 0.2) is 0 Å². The van der Waals surface area contributed by atoms with E-state index in [2.05, 4.69) is 4.98 Å². The molecule has 4 rings (SSSR count). The minimum absolute atomic E-state index is 0.0937. The third-order valence-electron chi connectivity index (χ3n) is 4.88. The van der Waals surface area contributed by atoms with Gasteiger partial charge in [0, 0.05) is 29.6 Å². The molecule has 0 amide bonds. The summed E-state index contributed by atoms with van der Waals surface area (Å²) in [7, 11) is -3.97. The van der Waals surface area contributed by atoms with Crippen LogP contribution in [0.5, 0.6) is 5.75 Å². The fraction of sp³-hybridized carbons (Fsp3) is 0.182. The van der Waals surface area contributed by atoms with Crippen LogP contribution in [-0.4, -0.2) is 35.1 Å². The monoisotopic (exact) mass is 424 g/mol. The molecule has 2 heterocycles. The summed E-state index contributed by atoms with van der Waals surface area (Å²) in [6.45, 7) is 2.33. The van der Waals surface area contributed by atoms with Crippen molar-refractivity contribution in [2.45, 2.75) is 24.7 Å². The SMILES string of the molecule is CCOc1ccc2c(c1)c(CCC(=O)O)cn2S(=O)(=O)c1cccc2cccnc12. The van der Waals surface area contributed by atoms with Crippen molar-refractivity contribution < 1.29 is 23.1 Å². The Morgan fingerprint density at radius 2 is 1.97 bits per heavy atom. The van der Waals surface area contributed by atoms with Gasteiger partial charge in [-0.25, -0.2) is 12.4 Å². The number of aliphatic carboxylic acids is 1. The molecule has 154 valence electrons. The molecule has 0 saturated heterocycles. The number of carboxylic acids is 1. The molecular weight excluding hydrogens is 404 g/mol. The van der Waals surface area contributed by atoms with Crippen molar-refractivity contribution in [1.29, 1.82) is 0 Å². The molecule has 30 heavy (non-hydrogen) atoms. The standard InChI is InChI=1S/C22H20N2O5S/c1-2-29-17-9-10-19-18(13-17)16(8-11-21(25)26)14-24(19)30(27,28)20-7-3-5-15-6-4-12-23-22(15)20/h3-7,9-10,12-14H,2,8,11H2,1H3,(H,25,26). The van der Waals surface area contributed by atoms with Gasteiger partial charge in [0.05, 0.1) is 17.6 Å². The molecule has 0 bridgehead atoms. The molecular formula is C22H20N2O5S. The van der Waals surface area contributed by atoms with Gasteiger partial charge in [0.25, 0.3) is 10.0 Å². The zero-order chi connectivity index (χ0) is 21.3. The molecule has 1 N–H and O–H groups in total. The van der Waals surface area contributed by atoms with Crippen LogP contribution < -0.4 is 4.74 Å². The summed E-state index contributed by atoms with van der Waals surface area (Å²) in [5.41, 5.74) is 1.48. The van der Waals surface area contributed by atoms with Crippen molar-refractivity contribution in [1.82, 2.24) is 8.96 Å². The van der Waals surface area contributed by atoms with Crippen LogP contribution in [-0.2, 0) is 21.2 Å². The van der Waals surface area contributed by atoms with Gasteiger partial charge in [-0.1, -0.05) is 18.2 Å². The highest BCUT2D eigenvalue weighted by Crippen LogP contribution is 2.31. The molecule has 0 fully saturated rings. The third kappa shape index (κ3) is 3.50. The lowest BCUT2D eigenvalue weighted by atomic mass is 10.1. The highest BCUT2D eigenvalue weighted by Gasteiger charge is 2.24. The smallest absolute Gasteiger partial charge is 0.303 e. The molecule has 0 atom stereocenters. The number of ether oxygens (including phenoxy) is 1. The molecule has 0 spiro atoms. The lowest BCUT2D eigenvalue weighted by molar-refractivity contribution is -0.136. The minimum atomic E-state index is -3.97. The zero-order valence-corrected chi connectivity index (χ0v) is 17.1. The van der Waals surface area contributed by atoms with E-state index >= 15 is 0 Å². The van der Waals surface area contributed by atoms with Crippen LogP contribution in [0.2, 0.25) is 0 Å². The molecule has 0 aliphatic rings. The molecule has 0 aliphatic carbocycles. The maximum Gasteiger partial charge on any atom is 0.303 e. The number of aromatic nitrogens is 2. The molecule has 0 radical (unpaired) electrons. The van der Waals surface area contributed by atoms with Crippen LogP contribution in [0, 0.1) is 0 Å². The topological polar surface area (TPSA) is 98.5 Å². The Morgan fingerprint density at radius 3 is 2.73 bits per heavy atom. The number of hydrogen-bond acceptors (Lipinski definition) is 5. The van der Waals surface area contributed by atoms with Gasteiger partial charge in [-0.15, -0.1) is 0 Å². The number of rotatable bonds is 7. The van der Waals surface area contributed by atoms with E-state index in [4.69, 9.17) is 9.84 Å². The second-order valence-electron chi connectivity index (χ2n) is 6.79. The van der Waals surface area contributed by atoms with Gasteiger partial charge >= 0.3 is 5.97 Å². The maximum atomic E-state index is 13.6. The first kappa shape index (κ1) is 19.9. The number of benzene rings is 2. The van der Waals surface area contributed by atoms with E-state index in [0.717, 1.165) is 5.39 Å². The van der Waals surface area contributed by atoms with Crippen LogP contribution in [0.4, 0.5) is 0 Å². The lowest BCUT2D eigenvalue weighted by Gasteiger charge is -2.10. The molecule has 7 nitrogen and oxygen atoms in total. The second kappa shape index (κ2) is 7.79. The predicted molar refractivity (Wildman–Crippen MR) is 113 cm³/mol. The van der Waals surface area contributed by atoms with E-state index in [1.54, 1.807) is 36.5 Å². The summed E-state index contributed by atoms with van der Waals surface area (Å²) < 4.78 is 34.0. The van der Waals surface area contributed by atoms with Crippen molar-refractivity contribution in [3.05, 3.63) is 66.5 Å². The highest BCUT2D eigenvalue weighted by molar-refractivity contribution is 7.90. The van der Waals surface area contributed by atoms with E-state index in [0.29, 0.717) is 34.3 Å². The highest BCUT2D eigenvalue weighted by atomic mass is 32.2. The summed E-state index contributed by atoms with van der Waals surface area (Å²) in [5.74, 6) is -0.346. The first-order valence-corrected chi connectivity index (χ1v) is 10.9. The van der Waals surface area contributed by atoms with E-state index < -0.39 is 16.0 Å². The van der Waals surface area contributed by atoms with Crippen LogP contribution >= 0.6 is 0 Å². The first-order chi connectivity index (χ1) is 14.4. The number of aryl methyl sites for hydroxylation is 1. The molecule has 0 aliphatic heterocycles. The number of carboxylic acid groups (broad SMARTS) is 1. The zero-order valence-electron chi connectivity index (χ0n) is 16.3. The quantitative estimate of drug-likeness (QED) is 0.484. The Bertz CT molecular complexity index is 1350. The molecule has 2 aromatic heterocycles. The van der Waals surface area contributed by atoms with Crippen molar-refractivity contribution in [2.75, 3.05) is 6.61 Å². The maximum absolute atomic E-state index is 13.6. The average Bonchev–Trinajstić information content (AvgIpc) is 3.11. The Hall–Kier alpha value is -3.39. The normalized spacial score (nSPS) is 11.8. The van der Waals surface area contributed by atoms with Gasteiger partial charge in [0.2, 0.25) is 0 Å². The van der Waals surface area contributed by atoms with Gasteiger partial charge in [-0.3, -0.25) is 9.78 Å². The van der Waals surface area contributed by atoms with Crippen LogP contribution in [0.25, 0.3) is 21.8 Å². The number of carbonyl (C=O) groups is 1. The van der Waals surface area contributed by atoms with Gasteiger partial charge in [-0.05, 0) is 49.2 Å². The van der Waals surface area contributed by atoms with Crippen molar-refractivity contribution in [3.8, 4) is 5.75 Å². The van der Waals surface area contributed by atoms with Crippen molar-refractivity contribution >= 4 is 37.8 Å². The van der Waals surface area contributed by atoms with E-state index in [1.165, 1.54) is 16.2 Å². The van der Waals surface area contributed by atoms with Gasteiger partial charge in [-0.2, -0.15) is 0 Å². The largest absolute Gasteiger partial charge is 0.494 e. The van der Waals surface area contributed by atoms with E-state index in [9.17, 15) is 13.2 Å². The van der Waals surface area contributed by atoms with Gasteiger partial charge in [0.1, 0.15) is 10.6 Å². The van der Waals surface area contributed by atoms with Crippen molar-refractivity contribution in [3.63, 3.8) is 0 Å². The average molecular weight is 424 g/mol. The third-order valence-corrected chi connectivity index (χ3v) is 6.58. The van der Waals surface area contributed by atoms with E-state index in [-0.39, 0.29) is 17.7 Å². The Labute approximate surface area is 173 Å². The Kier molecular flexibility index (Phi) is 5.17. The fourth-order valence-corrected chi connectivity index (χ4v) is 5.09. The van der Waals surface area contributed by atoms with Gasteiger partial charge < -0.3 is 9.84 Å². The summed E-state index contributed by atoms with van der Waals surface area (Å²) in [5, 5.41) is 10.5. The fourth-order valence-electron chi connectivity index (χ4n) is 3.53. The Morgan fingerprint density at radius 1 is 1.17 bits per heavy atom. The van der Waals surface area contributed by atoms with Crippen LogP contribution in [0.3, 0.4) is 0 Å². The lowest BCUT2D eigenvalue weighted by Crippen LogP contribution is -2.12. The van der Waals surface area contributed by atoms with Crippen molar-refractivity contribution in [2.24, 2.45) is 0 Å². The minimum Gasteiger partial charge on any atom is -0.494 e.